The number of hydrogen-bond acceptors (Lipinski definition) is 5. The van der Waals surface area contributed by atoms with E-state index in [2.05, 4.69) is 15.5 Å². The SMILES string of the molecule is O=C(Cn1cnnn1)N1CCN(c2ccccc2F)CC1. The highest BCUT2D eigenvalue weighted by molar-refractivity contribution is 5.76. The number of tetrazole rings is 1. The molecule has 0 bridgehead atoms. The van der Waals surface area contributed by atoms with Gasteiger partial charge in [0.2, 0.25) is 5.91 Å². The van der Waals surface area contributed by atoms with Crippen LogP contribution >= 0.6 is 0 Å². The topological polar surface area (TPSA) is 67.2 Å². The van der Waals surface area contributed by atoms with Crippen molar-refractivity contribution < 1.29 is 9.18 Å². The second-order valence-corrected chi connectivity index (χ2v) is 4.83. The van der Waals surface area contributed by atoms with E-state index in [0.29, 0.717) is 31.9 Å². The Labute approximate surface area is 121 Å². The molecule has 3 rings (SSSR count). The zero-order valence-corrected chi connectivity index (χ0v) is 11.4. The van der Waals surface area contributed by atoms with Gasteiger partial charge in [0.05, 0.1) is 5.69 Å². The van der Waals surface area contributed by atoms with Crippen LogP contribution in [-0.4, -0.2) is 57.2 Å². The van der Waals surface area contributed by atoms with E-state index in [1.54, 1.807) is 17.0 Å². The summed E-state index contributed by atoms with van der Waals surface area (Å²) in [5.74, 6) is -0.263. The lowest BCUT2D eigenvalue weighted by atomic mass is 10.2. The maximum atomic E-state index is 13.7. The summed E-state index contributed by atoms with van der Waals surface area (Å²) >= 11 is 0. The Kier molecular flexibility index (Phi) is 3.76. The fourth-order valence-corrected chi connectivity index (χ4v) is 2.40. The van der Waals surface area contributed by atoms with Crippen molar-refractivity contribution in [2.24, 2.45) is 0 Å². The van der Waals surface area contributed by atoms with Gasteiger partial charge in [0.25, 0.3) is 0 Å². The Hall–Kier alpha value is -2.51. The van der Waals surface area contributed by atoms with Gasteiger partial charge in [0.1, 0.15) is 18.7 Å². The lowest BCUT2D eigenvalue weighted by Gasteiger charge is -2.36. The maximum Gasteiger partial charge on any atom is 0.244 e. The fourth-order valence-electron chi connectivity index (χ4n) is 2.40. The molecule has 1 amide bonds. The van der Waals surface area contributed by atoms with E-state index in [9.17, 15) is 9.18 Å². The Morgan fingerprint density at radius 3 is 2.62 bits per heavy atom. The van der Waals surface area contributed by atoms with E-state index in [-0.39, 0.29) is 18.3 Å². The summed E-state index contributed by atoms with van der Waals surface area (Å²) in [6, 6.07) is 6.69. The molecule has 0 atom stereocenters. The summed E-state index contributed by atoms with van der Waals surface area (Å²) in [5, 5.41) is 10.7. The number of carbonyl (C=O) groups excluding carboxylic acids is 1. The molecule has 21 heavy (non-hydrogen) atoms. The molecule has 2 heterocycles. The van der Waals surface area contributed by atoms with Crippen LogP contribution in [0.15, 0.2) is 30.6 Å². The number of anilines is 1. The number of nitrogens with zero attached hydrogens (tertiary/aromatic N) is 6. The average molecular weight is 290 g/mol. The van der Waals surface area contributed by atoms with Gasteiger partial charge in [-0.15, -0.1) is 5.10 Å². The number of benzene rings is 1. The molecule has 2 aromatic rings. The van der Waals surface area contributed by atoms with E-state index < -0.39 is 0 Å². The molecule has 0 N–H and O–H groups in total. The first-order valence-corrected chi connectivity index (χ1v) is 6.72. The van der Waals surface area contributed by atoms with Crippen LogP contribution in [0.2, 0.25) is 0 Å². The predicted octanol–water partition coefficient (Wildman–Crippen LogP) is 0.161. The number of piperazine rings is 1. The van der Waals surface area contributed by atoms with E-state index in [0.717, 1.165) is 0 Å². The van der Waals surface area contributed by atoms with Crippen LogP contribution in [0.5, 0.6) is 0 Å². The molecule has 110 valence electrons. The summed E-state index contributed by atoms with van der Waals surface area (Å²) in [7, 11) is 0. The molecule has 1 aromatic heterocycles. The molecule has 0 radical (unpaired) electrons. The van der Waals surface area contributed by atoms with Gasteiger partial charge in [0.15, 0.2) is 0 Å². The Bertz CT molecular complexity index is 609. The largest absolute Gasteiger partial charge is 0.366 e. The van der Waals surface area contributed by atoms with Gasteiger partial charge < -0.3 is 9.80 Å². The van der Waals surface area contributed by atoms with Crippen LogP contribution in [0.25, 0.3) is 0 Å². The van der Waals surface area contributed by atoms with Crippen LogP contribution in [-0.2, 0) is 11.3 Å². The smallest absolute Gasteiger partial charge is 0.244 e. The van der Waals surface area contributed by atoms with Gasteiger partial charge in [-0.05, 0) is 22.6 Å². The van der Waals surface area contributed by atoms with Crippen LogP contribution in [0.4, 0.5) is 10.1 Å². The van der Waals surface area contributed by atoms with Gasteiger partial charge in [-0.2, -0.15) is 0 Å². The first-order valence-electron chi connectivity index (χ1n) is 6.72. The molecule has 1 aliphatic rings. The van der Waals surface area contributed by atoms with E-state index >= 15 is 0 Å². The van der Waals surface area contributed by atoms with Crippen LogP contribution < -0.4 is 4.90 Å². The van der Waals surface area contributed by atoms with Crippen molar-refractivity contribution in [3.8, 4) is 0 Å². The number of carbonyl (C=O) groups is 1. The zero-order chi connectivity index (χ0) is 14.7. The highest BCUT2D eigenvalue weighted by Crippen LogP contribution is 2.20. The first-order chi connectivity index (χ1) is 10.2. The van der Waals surface area contributed by atoms with Crippen molar-refractivity contribution in [1.29, 1.82) is 0 Å². The van der Waals surface area contributed by atoms with Gasteiger partial charge in [0, 0.05) is 26.2 Å². The highest BCUT2D eigenvalue weighted by Gasteiger charge is 2.22. The fraction of sp³-hybridized carbons (Fsp3) is 0.385. The quantitative estimate of drug-likeness (QED) is 0.805. The Morgan fingerprint density at radius 2 is 1.95 bits per heavy atom. The minimum Gasteiger partial charge on any atom is -0.366 e. The second-order valence-electron chi connectivity index (χ2n) is 4.83. The van der Waals surface area contributed by atoms with Crippen molar-refractivity contribution in [2.75, 3.05) is 31.1 Å². The van der Waals surface area contributed by atoms with Crippen LogP contribution in [0.3, 0.4) is 0 Å². The summed E-state index contributed by atoms with van der Waals surface area (Å²) < 4.78 is 15.1. The number of aromatic nitrogens is 4. The third-order valence-corrected chi connectivity index (χ3v) is 3.51. The van der Waals surface area contributed by atoms with Crippen molar-refractivity contribution in [3.63, 3.8) is 0 Å². The van der Waals surface area contributed by atoms with Gasteiger partial charge in [-0.25, -0.2) is 9.07 Å². The molecule has 8 heteroatoms. The molecule has 0 unspecified atom stereocenters. The van der Waals surface area contributed by atoms with Crippen LogP contribution in [0.1, 0.15) is 0 Å². The number of para-hydroxylation sites is 1. The molecular formula is C13H15FN6O. The summed E-state index contributed by atoms with van der Waals surface area (Å²) in [4.78, 5) is 15.8. The van der Waals surface area contributed by atoms with E-state index in [1.807, 2.05) is 11.0 Å². The van der Waals surface area contributed by atoms with E-state index in [4.69, 9.17) is 0 Å². The lowest BCUT2D eigenvalue weighted by Crippen LogP contribution is -2.49. The van der Waals surface area contributed by atoms with Crippen molar-refractivity contribution in [2.45, 2.75) is 6.54 Å². The molecule has 7 nitrogen and oxygen atoms in total. The minimum atomic E-state index is -0.231. The van der Waals surface area contributed by atoms with Gasteiger partial charge >= 0.3 is 0 Å². The monoisotopic (exact) mass is 290 g/mol. The molecule has 0 aliphatic carbocycles. The molecular weight excluding hydrogens is 275 g/mol. The highest BCUT2D eigenvalue weighted by atomic mass is 19.1. The summed E-state index contributed by atoms with van der Waals surface area (Å²) in [5.41, 5.74) is 0.588. The zero-order valence-electron chi connectivity index (χ0n) is 11.4. The molecule has 1 aliphatic heterocycles. The van der Waals surface area contributed by atoms with Crippen molar-refractivity contribution in [1.82, 2.24) is 25.1 Å². The number of halogens is 1. The summed E-state index contributed by atoms with van der Waals surface area (Å²) in [6.45, 7) is 2.49. The van der Waals surface area contributed by atoms with Crippen molar-refractivity contribution in [3.05, 3.63) is 36.4 Å². The van der Waals surface area contributed by atoms with Gasteiger partial charge in [-0.3, -0.25) is 4.79 Å². The van der Waals surface area contributed by atoms with Crippen LogP contribution in [0, 0.1) is 5.82 Å². The standard InChI is InChI=1S/C13H15FN6O/c14-11-3-1-2-4-12(11)18-5-7-19(8-6-18)13(21)9-20-10-15-16-17-20/h1-4,10H,5-9H2. The number of hydrogen-bond donors (Lipinski definition) is 0. The predicted molar refractivity (Wildman–Crippen MR) is 73.0 cm³/mol. The molecule has 0 spiro atoms. The molecule has 1 saturated heterocycles. The maximum absolute atomic E-state index is 13.7. The Morgan fingerprint density at radius 1 is 1.19 bits per heavy atom. The average Bonchev–Trinajstić information content (AvgIpc) is 3.01. The molecule has 0 saturated carbocycles. The van der Waals surface area contributed by atoms with E-state index in [1.165, 1.54) is 17.1 Å². The first kappa shape index (κ1) is 13.5. The minimum absolute atomic E-state index is 0.0320. The van der Waals surface area contributed by atoms with Crippen molar-refractivity contribution >= 4 is 11.6 Å². The summed E-state index contributed by atoms with van der Waals surface area (Å²) in [6.07, 6.45) is 1.41. The molecule has 1 aromatic carbocycles. The second kappa shape index (κ2) is 5.86. The Balaban J connectivity index is 1.58. The number of amides is 1. The lowest BCUT2D eigenvalue weighted by molar-refractivity contribution is -0.132. The third kappa shape index (κ3) is 2.99. The third-order valence-electron chi connectivity index (χ3n) is 3.51. The normalized spacial score (nSPS) is 15.3. The van der Waals surface area contributed by atoms with Gasteiger partial charge in [-0.1, -0.05) is 12.1 Å². The number of rotatable bonds is 3. The molecule has 1 fully saturated rings.